The van der Waals surface area contributed by atoms with Crippen LogP contribution in [-0.4, -0.2) is 4.40 Å². The number of fused-ring (bicyclic) bond motifs is 1. The van der Waals surface area contributed by atoms with Gasteiger partial charge in [0.2, 0.25) is 0 Å². The van der Waals surface area contributed by atoms with Gasteiger partial charge in [-0.25, -0.2) is 8.97 Å². The molecule has 0 aliphatic rings. The van der Waals surface area contributed by atoms with Crippen molar-refractivity contribution in [3.8, 4) is 0 Å². The van der Waals surface area contributed by atoms with Crippen molar-refractivity contribution < 1.29 is 8.98 Å². The molecule has 15 heavy (non-hydrogen) atoms. The molecular weight excluding hydrogens is 188 g/mol. The van der Waals surface area contributed by atoms with Gasteiger partial charge in [-0.15, -0.1) is 0 Å². The van der Waals surface area contributed by atoms with Crippen LogP contribution in [0, 0.1) is 0 Å². The first-order valence-corrected chi connectivity index (χ1v) is 4.90. The molecule has 3 heteroatoms. The van der Waals surface area contributed by atoms with E-state index in [2.05, 4.69) is 27.4 Å². The Balaban J connectivity index is 2.05. The Hall–Kier alpha value is -2.03. The van der Waals surface area contributed by atoms with E-state index in [0.29, 0.717) is 0 Å². The van der Waals surface area contributed by atoms with Crippen molar-refractivity contribution >= 4 is 5.65 Å². The average Bonchev–Trinajstić information content (AvgIpc) is 2.89. The van der Waals surface area contributed by atoms with E-state index in [4.69, 9.17) is 4.42 Å². The van der Waals surface area contributed by atoms with E-state index in [1.165, 1.54) is 11.2 Å². The van der Waals surface area contributed by atoms with Crippen LogP contribution in [0.15, 0.2) is 59.8 Å². The van der Waals surface area contributed by atoms with Crippen molar-refractivity contribution in [2.45, 2.75) is 6.54 Å². The Morgan fingerprint density at radius 3 is 3.07 bits per heavy atom. The first-order chi connectivity index (χ1) is 7.43. The van der Waals surface area contributed by atoms with E-state index < -0.39 is 0 Å². The Labute approximate surface area is 87.2 Å². The zero-order valence-electron chi connectivity index (χ0n) is 8.21. The average molecular weight is 199 g/mol. The van der Waals surface area contributed by atoms with Gasteiger partial charge < -0.3 is 4.42 Å². The molecule has 74 valence electrons. The summed E-state index contributed by atoms with van der Waals surface area (Å²) in [7, 11) is 0. The molecule has 3 heterocycles. The molecule has 0 amide bonds. The van der Waals surface area contributed by atoms with Crippen molar-refractivity contribution in [1.29, 1.82) is 0 Å². The SMILES string of the molecule is c1ccn2cc[n+](Cc3ccoc3)c2c1. The molecule has 3 rings (SSSR count). The minimum Gasteiger partial charge on any atom is -0.472 e. The maximum absolute atomic E-state index is 5.06. The molecule has 0 saturated carbocycles. The van der Waals surface area contributed by atoms with Gasteiger partial charge in [0, 0.05) is 11.6 Å². The standard InChI is InChI=1S/C12H11N2O/c1-2-5-13-6-7-14(12(13)3-1)9-11-4-8-15-10-11/h1-8,10H,9H2/q+1. The topological polar surface area (TPSA) is 21.4 Å². The molecule has 0 atom stereocenters. The molecule has 3 aromatic heterocycles. The number of pyridine rings is 1. The molecule has 3 aromatic rings. The number of imidazole rings is 1. The summed E-state index contributed by atoms with van der Waals surface area (Å²) < 4.78 is 9.34. The first kappa shape index (κ1) is 8.29. The third-order valence-electron chi connectivity index (χ3n) is 2.50. The van der Waals surface area contributed by atoms with Crippen molar-refractivity contribution in [2.75, 3.05) is 0 Å². The summed E-state index contributed by atoms with van der Waals surface area (Å²) >= 11 is 0. The Morgan fingerprint density at radius 2 is 2.20 bits per heavy atom. The van der Waals surface area contributed by atoms with Gasteiger partial charge in [-0.1, -0.05) is 6.07 Å². The molecule has 0 aliphatic carbocycles. The lowest BCUT2D eigenvalue weighted by molar-refractivity contribution is -0.661. The maximum atomic E-state index is 5.06. The summed E-state index contributed by atoms with van der Waals surface area (Å²) in [6, 6.07) is 8.15. The van der Waals surface area contributed by atoms with Gasteiger partial charge in [-0.3, -0.25) is 0 Å². The Kier molecular flexibility index (Phi) is 1.81. The van der Waals surface area contributed by atoms with Crippen LogP contribution in [0.5, 0.6) is 0 Å². The van der Waals surface area contributed by atoms with E-state index in [1.807, 2.05) is 24.4 Å². The largest absolute Gasteiger partial charge is 0.472 e. The highest BCUT2D eigenvalue weighted by Gasteiger charge is 2.08. The summed E-state index contributed by atoms with van der Waals surface area (Å²) in [5.74, 6) is 0. The van der Waals surface area contributed by atoms with Gasteiger partial charge in [0.05, 0.1) is 18.7 Å². The van der Waals surface area contributed by atoms with E-state index in [1.54, 1.807) is 12.5 Å². The molecule has 0 radical (unpaired) electrons. The summed E-state index contributed by atoms with van der Waals surface area (Å²) in [6.45, 7) is 0.844. The van der Waals surface area contributed by atoms with Crippen molar-refractivity contribution in [2.24, 2.45) is 0 Å². The van der Waals surface area contributed by atoms with Crippen LogP contribution in [0.1, 0.15) is 5.56 Å². The quantitative estimate of drug-likeness (QED) is 0.577. The lowest BCUT2D eigenvalue weighted by atomic mass is 10.3. The van der Waals surface area contributed by atoms with Crippen molar-refractivity contribution in [1.82, 2.24) is 4.40 Å². The molecule has 0 spiro atoms. The summed E-state index contributed by atoms with van der Waals surface area (Å²) in [5, 5.41) is 0. The second-order valence-corrected chi connectivity index (χ2v) is 3.52. The fourth-order valence-electron chi connectivity index (χ4n) is 1.76. The predicted octanol–water partition coefficient (Wildman–Crippen LogP) is 1.87. The van der Waals surface area contributed by atoms with Gasteiger partial charge in [-0.05, 0) is 12.1 Å². The van der Waals surface area contributed by atoms with Crippen molar-refractivity contribution in [3.63, 3.8) is 0 Å². The molecule has 0 fully saturated rings. The van der Waals surface area contributed by atoms with Crippen LogP contribution in [0.25, 0.3) is 5.65 Å². The van der Waals surface area contributed by atoms with E-state index in [-0.39, 0.29) is 0 Å². The normalized spacial score (nSPS) is 10.9. The van der Waals surface area contributed by atoms with Gasteiger partial charge in [-0.2, -0.15) is 0 Å². The lowest BCUT2D eigenvalue weighted by Gasteiger charge is -1.93. The number of nitrogens with zero attached hydrogens (tertiary/aromatic N) is 2. The molecule has 0 aromatic carbocycles. The highest BCUT2D eigenvalue weighted by molar-refractivity contribution is 5.31. The molecule has 0 unspecified atom stereocenters. The van der Waals surface area contributed by atoms with Gasteiger partial charge in [0.15, 0.2) is 0 Å². The number of aromatic nitrogens is 2. The molecule has 0 bridgehead atoms. The zero-order chi connectivity index (χ0) is 10.1. The molecule has 0 N–H and O–H groups in total. The summed E-state index contributed by atoms with van der Waals surface area (Å²) in [6.07, 6.45) is 9.65. The van der Waals surface area contributed by atoms with E-state index in [0.717, 1.165) is 6.54 Å². The lowest BCUT2D eigenvalue weighted by Crippen LogP contribution is -2.32. The second-order valence-electron chi connectivity index (χ2n) is 3.52. The molecule has 0 saturated heterocycles. The van der Waals surface area contributed by atoms with E-state index in [9.17, 15) is 0 Å². The maximum Gasteiger partial charge on any atom is 0.286 e. The minimum atomic E-state index is 0.844. The minimum absolute atomic E-state index is 0.844. The fourth-order valence-corrected chi connectivity index (χ4v) is 1.76. The van der Waals surface area contributed by atoms with Gasteiger partial charge >= 0.3 is 0 Å². The highest BCUT2D eigenvalue weighted by atomic mass is 16.3. The summed E-state index contributed by atoms with van der Waals surface area (Å²) in [4.78, 5) is 0. The van der Waals surface area contributed by atoms with Crippen LogP contribution in [0.4, 0.5) is 0 Å². The third kappa shape index (κ3) is 1.42. The Bertz CT molecular complexity index is 566. The monoisotopic (exact) mass is 199 g/mol. The van der Waals surface area contributed by atoms with Crippen LogP contribution in [0.2, 0.25) is 0 Å². The fraction of sp³-hybridized carbons (Fsp3) is 0.0833. The third-order valence-corrected chi connectivity index (χ3v) is 2.50. The summed E-state index contributed by atoms with van der Waals surface area (Å²) in [5.41, 5.74) is 2.36. The van der Waals surface area contributed by atoms with Crippen LogP contribution in [0.3, 0.4) is 0 Å². The van der Waals surface area contributed by atoms with Gasteiger partial charge in [0.25, 0.3) is 5.65 Å². The molecular formula is C12H11N2O+. The zero-order valence-corrected chi connectivity index (χ0v) is 8.21. The number of rotatable bonds is 2. The highest BCUT2D eigenvalue weighted by Crippen LogP contribution is 2.02. The van der Waals surface area contributed by atoms with Gasteiger partial charge in [0.1, 0.15) is 18.9 Å². The number of furan rings is 1. The van der Waals surface area contributed by atoms with Crippen molar-refractivity contribution in [3.05, 3.63) is 60.9 Å². The first-order valence-electron chi connectivity index (χ1n) is 4.90. The van der Waals surface area contributed by atoms with Crippen LogP contribution >= 0.6 is 0 Å². The second kappa shape index (κ2) is 3.28. The molecule has 3 nitrogen and oxygen atoms in total. The number of hydrogen-bond donors (Lipinski definition) is 0. The molecule has 0 aliphatic heterocycles. The predicted molar refractivity (Wildman–Crippen MR) is 55.4 cm³/mol. The smallest absolute Gasteiger partial charge is 0.286 e. The van der Waals surface area contributed by atoms with E-state index >= 15 is 0 Å². The van der Waals surface area contributed by atoms with Crippen LogP contribution < -0.4 is 4.57 Å². The van der Waals surface area contributed by atoms with Crippen LogP contribution in [-0.2, 0) is 6.54 Å². The Morgan fingerprint density at radius 1 is 1.20 bits per heavy atom. The number of hydrogen-bond acceptors (Lipinski definition) is 1.